The Labute approximate surface area is 157 Å². The Bertz CT molecular complexity index is 1080. The van der Waals surface area contributed by atoms with Crippen LogP contribution < -0.4 is 5.32 Å². The van der Waals surface area contributed by atoms with E-state index in [-0.39, 0.29) is 5.91 Å². The number of amides is 1. The standard InChI is InChI=1S/C22H23N3O2/c1-2-3-9-19-20(16-7-4-5-10-18(16)27-19)22(26)24-13-11-15-14-25-17-8-6-12-23-21(15)17/h4-8,10,12,14,25H,2-3,9,11,13H2,1H3,(H,24,26). The van der Waals surface area contributed by atoms with E-state index in [0.29, 0.717) is 12.1 Å². The van der Waals surface area contributed by atoms with Crippen molar-refractivity contribution in [3.05, 3.63) is 65.7 Å². The number of carbonyl (C=O) groups excluding carboxylic acids is 1. The van der Waals surface area contributed by atoms with Crippen molar-refractivity contribution in [2.24, 2.45) is 0 Å². The Morgan fingerprint density at radius 2 is 2.07 bits per heavy atom. The number of aromatic nitrogens is 2. The number of pyridine rings is 1. The Balaban J connectivity index is 1.51. The highest BCUT2D eigenvalue weighted by Gasteiger charge is 2.20. The summed E-state index contributed by atoms with van der Waals surface area (Å²) in [7, 11) is 0. The quantitative estimate of drug-likeness (QED) is 0.504. The number of fused-ring (bicyclic) bond motifs is 2. The molecule has 2 N–H and O–H groups in total. The van der Waals surface area contributed by atoms with Crippen LogP contribution in [-0.4, -0.2) is 22.4 Å². The fraction of sp³-hybridized carbons (Fsp3) is 0.273. The van der Waals surface area contributed by atoms with E-state index in [4.69, 9.17) is 4.42 Å². The maximum Gasteiger partial charge on any atom is 0.255 e. The molecule has 5 nitrogen and oxygen atoms in total. The van der Waals surface area contributed by atoms with Crippen LogP contribution in [0.1, 0.15) is 41.4 Å². The summed E-state index contributed by atoms with van der Waals surface area (Å²) in [5.41, 5.74) is 4.53. The highest BCUT2D eigenvalue weighted by molar-refractivity contribution is 6.07. The predicted octanol–water partition coefficient (Wildman–Crippen LogP) is 4.62. The molecule has 1 amide bonds. The van der Waals surface area contributed by atoms with E-state index in [1.807, 2.05) is 42.6 Å². The van der Waals surface area contributed by atoms with E-state index in [1.54, 1.807) is 6.20 Å². The number of aromatic amines is 1. The van der Waals surface area contributed by atoms with Crippen LogP contribution in [-0.2, 0) is 12.8 Å². The lowest BCUT2D eigenvalue weighted by molar-refractivity contribution is 0.0953. The first-order valence-electron chi connectivity index (χ1n) is 9.47. The number of nitrogens with one attached hydrogen (secondary N) is 2. The molecule has 4 aromatic rings. The van der Waals surface area contributed by atoms with Crippen LogP contribution >= 0.6 is 0 Å². The van der Waals surface area contributed by atoms with Gasteiger partial charge >= 0.3 is 0 Å². The zero-order valence-electron chi connectivity index (χ0n) is 15.4. The minimum absolute atomic E-state index is 0.0705. The van der Waals surface area contributed by atoms with Crippen LogP contribution in [0.2, 0.25) is 0 Å². The third-order valence-corrected chi connectivity index (χ3v) is 4.85. The molecule has 0 spiro atoms. The first kappa shape index (κ1) is 17.3. The zero-order chi connectivity index (χ0) is 18.6. The number of hydrogen-bond acceptors (Lipinski definition) is 3. The summed E-state index contributed by atoms with van der Waals surface area (Å²) in [4.78, 5) is 20.5. The molecule has 4 rings (SSSR count). The van der Waals surface area contributed by atoms with Crippen LogP contribution in [0.4, 0.5) is 0 Å². The summed E-state index contributed by atoms with van der Waals surface area (Å²) in [6, 6.07) is 11.6. The molecule has 0 atom stereocenters. The molecule has 3 aromatic heterocycles. The van der Waals surface area contributed by atoms with Gasteiger partial charge in [0, 0.05) is 30.7 Å². The molecular formula is C22H23N3O2. The molecule has 0 saturated carbocycles. The largest absolute Gasteiger partial charge is 0.460 e. The second-order valence-electron chi connectivity index (χ2n) is 6.72. The van der Waals surface area contributed by atoms with Gasteiger partial charge in [0.05, 0.1) is 16.6 Å². The molecule has 0 aliphatic rings. The van der Waals surface area contributed by atoms with Crippen LogP contribution in [0.5, 0.6) is 0 Å². The average Bonchev–Trinajstić information content (AvgIpc) is 3.27. The molecular weight excluding hydrogens is 338 g/mol. The maximum atomic E-state index is 12.9. The molecule has 0 aliphatic carbocycles. The van der Waals surface area contributed by atoms with Crippen molar-refractivity contribution >= 4 is 27.9 Å². The number of carbonyl (C=O) groups is 1. The fourth-order valence-electron chi connectivity index (χ4n) is 3.46. The van der Waals surface area contributed by atoms with Crippen molar-refractivity contribution in [3.63, 3.8) is 0 Å². The summed E-state index contributed by atoms with van der Waals surface area (Å²) < 4.78 is 5.96. The average molecular weight is 361 g/mol. The van der Waals surface area contributed by atoms with Gasteiger partial charge in [-0.25, -0.2) is 0 Å². The van der Waals surface area contributed by atoms with E-state index < -0.39 is 0 Å². The molecule has 27 heavy (non-hydrogen) atoms. The number of benzene rings is 1. The Hall–Kier alpha value is -3.08. The Morgan fingerprint density at radius 1 is 1.19 bits per heavy atom. The lowest BCUT2D eigenvalue weighted by Crippen LogP contribution is -2.26. The zero-order valence-corrected chi connectivity index (χ0v) is 15.4. The summed E-state index contributed by atoms with van der Waals surface area (Å²) in [6.07, 6.45) is 7.32. The fourth-order valence-corrected chi connectivity index (χ4v) is 3.46. The molecule has 0 unspecified atom stereocenters. The summed E-state index contributed by atoms with van der Waals surface area (Å²) in [6.45, 7) is 2.69. The topological polar surface area (TPSA) is 70.9 Å². The normalized spacial score (nSPS) is 11.3. The van der Waals surface area contributed by atoms with Crippen molar-refractivity contribution in [1.29, 1.82) is 0 Å². The number of H-pyrrole nitrogens is 1. The highest BCUT2D eigenvalue weighted by atomic mass is 16.3. The van der Waals surface area contributed by atoms with Gasteiger partial charge in [-0.05, 0) is 36.6 Å². The SMILES string of the molecule is CCCCc1oc2ccccc2c1C(=O)NCCc1c[nH]c2cccnc12. The van der Waals surface area contributed by atoms with Crippen molar-refractivity contribution < 1.29 is 9.21 Å². The van der Waals surface area contributed by atoms with Crippen LogP contribution in [0, 0.1) is 0 Å². The van der Waals surface area contributed by atoms with Crippen molar-refractivity contribution in [2.75, 3.05) is 6.54 Å². The number of rotatable bonds is 7. The number of furan rings is 1. The lowest BCUT2D eigenvalue weighted by Gasteiger charge is -2.06. The Morgan fingerprint density at radius 3 is 2.96 bits per heavy atom. The Kier molecular flexibility index (Phi) is 4.92. The van der Waals surface area contributed by atoms with Crippen LogP contribution in [0.15, 0.2) is 53.2 Å². The van der Waals surface area contributed by atoms with Gasteiger partial charge in [-0.2, -0.15) is 0 Å². The minimum atomic E-state index is -0.0705. The van der Waals surface area contributed by atoms with Gasteiger partial charge in [0.2, 0.25) is 0 Å². The molecule has 0 radical (unpaired) electrons. The third kappa shape index (κ3) is 3.45. The summed E-state index contributed by atoms with van der Waals surface area (Å²) in [5, 5.41) is 3.94. The van der Waals surface area contributed by atoms with Crippen molar-refractivity contribution in [1.82, 2.24) is 15.3 Å². The van der Waals surface area contributed by atoms with Gasteiger partial charge in [0.1, 0.15) is 11.3 Å². The van der Waals surface area contributed by atoms with Crippen molar-refractivity contribution in [2.45, 2.75) is 32.6 Å². The van der Waals surface area contributed by atoms with E-state index >= 15 is 0 Å². The van der Waals surface area contributed by atoms with Crippen molar-refractivity contribution in [3.8, 4) is 0 Å². The molecule has 0 aliphatic heterocycles. The summed E-state index contributed by atoms with van der Waals surface area (Å²) in [5.74, 6) is 0.711. The lowest BCUT2D eigenvalue weighted by atomic mass is 10.1. The predicted molar refractivity (Wildman–Crippen MR) is 107 cm³/mol. The minimum Gasteiger partial charge on any atom is -0.460 e. The monoisotopic (exact) mass is 361 g/mol. The van der Waals surface area contributed by atoms with E-state index in [0.717, 1.165) is 59.0 Å². The molecule has 3 heterocycles. The first-order chi connectivity index (χ1) is 13.3. The van der Waals surface area contributed by atoms with Gasteiger partial charge in [-0.1, -0.05) is 31.5 Å². The highest BCUT2D eigenvalue weighted by Crippen LogP contribution is 2.27. The van der Waals surface area contributed by atoms with Gasteiger partial charge < -0.3 is 14.7 Å². The number of para-hydroxylation sites is 1. The van der Waals surface area contributed by atoms with E-state index in [2.05, 4.69) is 22.2 Å². The molecule has 0 saturated heterocycles. The van der Waals surface area contributed by atoms with Crippen LogP contribution in [0.25, 0.3) is 22.0 Å². The number of hydrogen-bond donors (Lipinski definition) is 2. The number of unbranched alkanes of at least 4 members (excludes halogenated alkanes) is 1. The molecule has 5 heteroatoms. The molecule has 0 bridgehead atoms. The number of aryl methyl sites for hydroxylation is 1. The van der Waals surface area contributed by atoms with Gasteiger partial charge in [0.15, 0.2) is 0 Å². The molecule has 0 fully saturated rings. The first-order valence-corrected chi connectivity index (χ1v) is 9.47. The van der Waals surface area contributed by atoms with Gasteiger partial charge in [0.25, 0.3) is 5.91 Å². The summed E-state index contributed by atoms with van der Waals surface area (Å²) >= 11 is 0. The van der Waals surface area contributed by atoms with E-state index in [1.165, 1.54) is 0 Å². The molecule has 138 valence electrons. The smallest absolute Gasteiger partial charge is 0.255 e. The van der Waals surface area contributed by atoms with Crippen LogP contribution in [0.3, 0.4) is 0 Å². The molecule has 1 aromatic carbocycles. The second kappa shape index (κ2) is 7.66. The van der Waals surface area contributed by atoms with E-state index in [9.17, 15) is 4.79 Å². The van der Waals surface area contributed by atoms with Gasteiger partial charge in [-0.15, -0.1) is 0 Å². The maximum absolute atomic E-state index is 12.9. The number of nitrogens with zero attached hydrogens (tertiary/aromatic N) is 1. The third-order valence-electron chi connectivity index (χ3n) is 4.85. The second-order valence-corrected chi connectivity index (χ2v) is 6.72. The van der Waals surface area contributed by atoms with Gasteiger partial charge in [-0.3, -0.25) is 9.78 Å².